The number of aromatic nitrogens is 1. The molecule has 0 bridgehead atoms. The van der Waals surface area contributed by atoms with Crippen molar-refractivity contribution in [3.8, 4) is 10.6 Å². The minimum absolute atomic E-state index is 0.0884. The van der Waals surface area contributed by atoms with Crippen molar-refractivity contribution in [2.75, 3.05) is 20.1 Å². The number of likely N-dealkylation sites (tertiary alicyclic amines) is 1. The first-order chi connectivity index (χ1) is 12.4. The van der Waals surface area contributed by atoms with Gasteiger partial charge in [-0.1, -0.05) is 0 Å². The number of likely N-dealkylation sites (N-methyl/N-ethyl adjacent to an activating group) is 1. The minimum atomic E-state index is -0.950. The Hall–Kier alpha value is -2.55. The number of carbonyl (C=O) groups excluding carboxylic acids is 2. The van der Waals surface area contributed by atoms with Gasteiger partial charge in [0.25, 0.3) is 5.91 Å². The van der Waals surface area contributed by atoms with Crippen molar-refractivity contribution in [2.45, 2.75) is 18.5 Å². The fraction of sp³-hybridized carbons (Fsp3) is 0.353. The predicted molar refractivity (Wildman–Crippen MR) is 91.9 cm³/mol. The molecule has 2 saturated heterocycles. The van der Waals surface area contributed by atoms with Crippen molar-refractivity contribution in [3.05, 3.63) is 40.9 Å². The SMILES string of the molecule is CN1C(=O)N[C@@H]2CN(C(=O)c3csc(-c4ccc(F)c(F)c4)n3)CC[C@@H]21. The molecule has 136 valence electrons. The molecule has 26 heavy (non-hydrogen) atoms. The maximum Gasteiger partial charge on any atom is 0.317 e. The lowest BCUT2D eigenvalue weighted by Gasteiger charge is -2.35. The summed E-state index contributed by atoms with van der Waals surface area (Å²) in [6.07, 6.45) is 0.700. The highest BCUT2D eigenvalue weighted by atomic mass is 32.1. The van der Waals surface area contributed by atoms with Gasteiger partial charge in [0, 0.05) is 31.1 Å². The molecule has 3 heterocycles. The summed E-state index contributed by atoms with van der Waals surface area (Å²) in [7, 11) is 1.76. The lowest BCUT2D eigenvalue weighted by molar-refractivity contribution is 0.0661. The van der Waals surface area contributed by atoms with Gasteiger partial charge in [-0.25, -0.2) is 18.6 Å². The van der Waals surface area contributed by atoms with Gasteiger partial charge in [-0.2, -0.15) is 0 Å². The second kappa shape index (κ2) is 6.31. The number of urea groups is 1. The lowest BCUT2D eigenvalue weighted by atomic mass is 10.00. The van der Waals surface area contributed by atoms with Crippen LogP contribution in [0.4, 0.5) is 13.6 Å². The number of benzene rings is 1. The summed E-state index contributed by atoms with van der Waals surface area (Å²) in [6.45, 7) is 0.967. The third-order valence-electron chi connectivity index (χ3n) is 4.88. The Labute approximate surface area is 152 Å². The first kappa shape index (κ1) is 16.9. The van der Waals surface area contributed by atoms with Gasteiger partial charge in [-0.15, -0.1) is 11.3 Å². The highest BCUT2D eigenvalue weighted by molar-refractivity contribution is 7.13. The van der Waals surface area contributed by atoms with Crippen LogP contribution in [-0.4, -0.2) is 58.9 Å². The van der Waals surface area contributed by atoms with Crippen LogP contribution >= 0.6 is 11.3 Å². The van der Waals surface area contributed by atoms with Gasteiger partial charge < -0.3 is 15.1 Å². The molecule has 2 aliphatic rings. The number of amides is 3. The van der Waals surface area contributed by atoms with E-state index in [1.54, 1.807) is 22.2 Å². The average molecular weight is 378 g/mol. The van der Waals surface area contributed by atoms with Crippen molar-refractivity contribution in [3.63, 3.8) is 0 Å². The van der Waals surface area contributed by atoms with Gasteiger partial charge in [0.1, 0.15) is 10.7 Å². The van der Waals surface area contributed by atoms with Crippen molar-refractivity contribution in [1.29, 1.82) is 0 Å². The fourth-order valence-corrected chi connectivity index (χ4v) is 4.23. The molecule has 0 saturated carbocycles. The number of nitrogens with zero attached hydrogens (tertiary/aromatic N) is 3. The van der Waals surface area contributed by atoms with Crippen LogP contribution < -0.4 is 5.32 Å². The molecule has 1 N–H and O–H groups in total. The highest BCUT2D eigenvalue weighted by Crippen LogP contribution is 2.27. The number of halogens is 2. The van der Waals surface area contributed by atoms with Gasteiger partial charge in [-0.3, -0.25) is 4.79 Å². The summed E-state index contributed by atoms with van der Waals surface area (Å²) in [5.41, 5.74) is 0.696. The van der Waals surface area contributed by atoms with Crippen LogP contribution in [0.5, 0.6) is 0 Å². The Morgan fingerprint density at radius 3 is 2.92 bits per heavy atom. The Balaban J connectivity index is 1.50. The van der Waals surface area contributed by atoms with E-state index in [0.717, 1.165) is 12.1 Å². The van der Waals surface area contributed by atoms with Crippen molar-refractivity contribution in [1.82, 2.24) is 20.1 Å². The molecule has 1 aromatic carbocycles. The summed E-state index contributed by atoms with van der Waals surface area (Å²) >= 11 is 1.20. The number of thiazole rings is 1. The molecule has 0 unspecified atom stereocenters. The maximum absolute atomic E-state index is 13.4. The average Bonchev–Trinajstić information content (AvgIpc) is 3.22. The molecule has 0 radical (unpaired) electrons. The Kier molecular flexibility index (Phi) is 4.10. The largest absolute Gasteiger partial charge is 0.335 e. The van der Waals surface area contributed by atoms with E-state index in [9.17, 15) is 18.4 Å². The molecule has 4 rings (SSSR count). The zero-order chi connectivity index (χ0) is 18.4. The zero-order valence-electron chi connectivity index (χ0n) is 13.9. The molecule has 2 fully saturated rings. The van der Waals surface area contributed by atoms with E-state index < -0.39 is 11.6 Å². The lowest BCUT2D eigenvalue weighted by Crippen LogP contribution is -2.52. The van der Waals surface area contributed by atoms with Gasteiger partial charge in [0.2, 0.25) is 0 Å². The Morgan fingerprint density at radius 1 is 1.35 bits per heavy atom. The van der Waals surface area contributed by atoms with Crippen LogP contribution in [-0.2, 0) is 0 Å². The van der Waals surface area contributed by atoms with Crippen LogP contribution in [0.1, 0.15) is 16.9 Å². The summed E-state index contributed by atoms with van der Waals surface area (Å²) in [5, 5.41) is 4.95. The quantitative estimate of drug-likeness (QED) is 0.872. The number of hydrogen-bond acceptors (Lipinski definition) is 4. The standard InChI is InChI=1S/C17H16F2N4O2S/c1-22-14-4-5-23(7-12(14)21-17(22)25)16(24)13-8-26-15(20-13)9-2-3-10(18)11(19)6-9/h2-3,6,8,12,14H,4-5,7H2,1H3,(H,21,25)/t12-,14+/m1/s1. The maximum atomic E-state index is 13.4. The van der Waals surface area contributed by atoms with E-state index in [4.69, 9.17) is 0 Å². The number of rotatable bonds is 2. The third kappa shape index (κ3) is 2.82. The van der Waals surface area contributed by atoms with Crippen molar-refractivity contribution in [2.24, 2.45) is 0 Å². The van der Waals surface area contributed by atoms with Crippen molar-refractivity contribution < 1.29 is 18.4 Å². The smallest absolute Gasteiger partial charge is 0.317 e. The topological polar surface area (TPSA) is 65.5 Å². The Morgan fingerprint density at radius 2 is 2.15 bits per heavy atom. The van der Waals surface area contributed by atoms with Crippen LogP contribution in [0.2, 0.25) is 0 Å². The normalized spacial score (nSPS) is 22.3. The van der Waals surface area contributed by atoms with Gasteiger partial charge in [-0.05, 0) is 24.6 Å². The molecule has 3 amide bonds. The number of piperidine rings is 1. The second-order valence-corrected chi connectivity index (χ2v) is 7.30. The molecule has 2 aromatic rings. The van der Waals surface area contributed by atoms with E-state index in [-0.39, 0.29) is 29.7 Å². The summed E-state index contributed by atoms with van der Waals surface area (Å²) < 4.78 is 26.5. The van der Waals surface area contributed by atoms with E-state index in [1.807, 2.05) is 0 Å². The summed E-state index contributed by atoms with van der Waals surface area (Å²) in [4.78, 5) is 32.1. The monoisotopic (exact) mass is 378 g/mol. The number of carbonyl (C=O) groups is 2. The van der Waals surface area contributed by atoms with E-state index >= 15 is 0 Å². The van der Waals surface area contributed by atoms with Crippen molar-refractivity contribution >= 4 is 23.3 Å². The number of nitrogens with one attached hydrogen (secondary N) is 1. The molecule has 0 aliphatic carbocycles. The highest BCUT2D eigenvalue weighted by Gasteiger charge is 2.42. The fourth-order valence-electron chi connectivity index (χ4n) is 3.44. The third-order valence-corrected chi connectivity index (χ3v) is 5.77. The van der Waals surface area contributed by atoms with Gasteiger partial charge in [0.05, 0.1) is 12.1 Å². The first-order valence-electron chi connectivity index (χ1n) is 8.17. The zero-order valence-corrected chi connectivity index (χ0v) is 14.7. The van der Waals surface area contributed by atoms with Gasteiger partial charge >= 0.3 is 6.03 Å². The van der Waals surface area contributed by atoms with Crippen LogP contribution in [0, 0.1) is 11.6 Å². The van der Waals surface area contributed by atoms with Crippen LogP contribution in [0.3, 0.4) is 0 Å². The predicted octanol–water partition coefficient (Wildman–Crippen LogP) is 2.33. The van der Waals surface area contributed by atoms with Crippen LogP contribution in [0.25, 0.3) is 10.6 Å². The van der Waals surface area contributed by atoms with E-state index in [0.29, 0.717) is 30.1 Å². The Bertz CT molecular complexity index is 887. The van der Waals surface area contributed by atoms with E-state index in [2.05, 4.69) is 10.3 Å². The van der Waals surface area contributed by atoms with Gasteiger partial charge in [0.15, 0.2) is 11.6 Å². The van der Waals surface area contributed by atoms with E-state index in [1.165, 1.54) is 17.4 Å². The molecule has 6 nitrogen and oxygen atoms in total. The molecule has 9 heteroatoms. The molecular weight excluding hydrogens is 362 g/mol. The van der Waals surface area contributed by atoms with Crippen LogP contribution in [0.15, 0.2) is 23.6 Å². The summed E-state index contributed by atoms with van der Waals surface area (Å²) in [5.74, 6) is -2.10. The minimum Gasteiger partial charge on any atom is -0.335 e. The molecule has 0 spiro atoms. The number of hydrogen-bond donors (Lipinski definition) is 1. The molecule has 2 aliphatic heterocycles. The molecular formula is C17H16F2N4O2S. The molecule has 1 aromatic heterocycles. The number of fused-ring (bicyclic) bond motifs is 1. The molecule has 2 atom stereocenters. The first-order valence-corrected chi connectivity index (χ1v) is 9.05. The second-order valence-electron chi connectivity index (χ2n) is 6.44. The summed E-state index contributed by atoms with van der Waals surface area (Å²) in [6, 6.07) is 3.42.